The number of furan rings is 1. The largest absolute Gasteiger partial charge is 0.456 e. The summed E-state index contributed by atoms with van der Waals surface area (Å²) in [5, 5.41) is 1.84. The van der Waals surface area contributed by atoms with Gasteiger partial charge in [-0.25, -0.2) is 0 Å². The molecule has 0 unspecified atom stereocenters. The topological polar surface area (TPSA) is 13.1 Å². The van der Waals surface area contributed by atoms with E-state index < -0.39 is 54.4 Å². The molecule has 0 atom stereocenters. The van der Waals surface area contributed by atoms with Gasteiger partial charge in [-0.1, -0.05) is 127 Å². The minimum atomic E-state index is -0.530. The summed E-state index contributed by atoms with van der Waals surface area (Å²) in [5.41, 5.74) is 1.26. The van der Waals surface area contributed by atoms with Crippen molar-refractivity contribution in [2.45, 2.75) is 0 Å². The highest BCUT2D eigenvalue weighted by Gasteiger charge is 2.19. The van der Waals surface area contributed by atoms with Crippen molar-refractivity contribution in [3.05, 3.63) is 157 Å². The maximum absolute atomic E-state index is 9.79. The number of benzene rings is 8. The Morgan fingerprint density at radius 1 is 0.395 bits per heavy atom. The Balaban J connectivity index is 1.51. The Morgan fingerprint density at radius 2 is 1.00 bits per heavy atom. The van der Waals surface area contributed by atoms with E-state index in [0.29, 0.717) is 38.2 Å². The van der Waals surface area contributed by atoms with Crippen molar-refractivity contribution in [2.75, 3.05) is 0 Å². The van der Waals surface area contributed by atoms with Crippen LogP contribution in [0, 0.1) is 0 Å². The van der Waals surface area contributed by atoms with Crippen molar-refractivity contribution in [3.8, 4) is 33.4 Å². The van der Waals surface area contributed by atoms with Crippen LogP contribution in [0.25, 0.3) is 87.6 Å². The van der Waals surface area contributed by atoms with Crippen LogP contribution in [0.5, 0.6) is 0 Å². The second-order valence-corrected chi connectivity index (χ2v) is 10.2. The van der Waals surface area contributed by atoms with Crippen molar-refractivity contribution in [1.82, 2.24) is 0 Å². The molecule has 0 aliphatic heterocycles. The van der Waals surface area contributed by atoms with E-state index in [9.17, 15) is 5.48 Å². The van der Waals surface area contributed by atoms with E-state index in [0.717, 1.165) is 0 Å². The van der Waals surface area contributed by atoms with Gasteiger partial charge in [0.2, 0.25) is 0 Å². The SMILES string of the molecule is [2H]c1c([2H])c([2H])c2c(oc3c([2H])c([2H])c(-c4c5ccccc5c(-c5c([2H])c(-c6ccccc6)c([2H])c6c([2H])c([2H])c([2H])c([2H])c56)c5ccccc45)c([2H])c32)c1[2H]. The van der Waals surface area contributed by atoms with E-state index in [2.05, 4.69) is 0 Å². The van der Waals surface area contributed by atoms with Gasteiger partial charge in [-0.15, -0.1) is 0 Å². The summed E-state index contributed by atoms with van der Waals surface area (Å²) in [7, 11) is 0. The average molecular weight is 560 g/mol. The first-order chi connectivity index (χ1) is 26.8. The monoisotopic (exact) mass is 559 g/mol. The molecule has 0 saturated carbocycles. The van der Waals surface area contributed by atoms with Crippen LogP contribution in [-0.4, -0.2) is 0 Å². The van der Waals surface area contributed by atoms with E-state index in [4.69, 9.17) is 16.8 Å². The molecule has 0 saturated heterocycles. The molecular weight excluding hydrogens is 520 g/mol. The number of hydrogen-bond acceptors (Lipinski definition) is 1. The van der Waals surface area contributed by atoms with Crippen LogP contribution in [-0.2, 0) is 0 Å². The Labute approximate surface area is 267 Å². The minimum Gasteiger partial charge on any atom is -0.456 e. The van der Waals surface area contributed by atoms with E-state index in [-0.39, 0.29) is 73.6 Å². The van der Waals surface area contributed by atoms with Gasteiger partial charge in [0, 0.05) is 10.8 Å². The van der Waals surface area contributed by atoms with Crippen molar-refractivity contribution in [1.29, 1.82) is 0 Å². The summed E-state index contributed by atoms with van der Waals surface area (Å²) in [6, 6.07) is 17.8. The molecule has 1 heterocycles. The van der Waals surface area contributed by atoms with Crippen LogP contribution >= 0.6 is 0 Å². The van der Waals surface area contributed by atoms with Crippen LogP contribution in [0.2, 0.25) is 0 Å². The summed E-state index contributed by atoms with van der Waals surface area (Å²) in [6.07, 6.45) is 0. The van der Waals surface area contributed by atoms with E-state index in [1.807, 2.05) is 0 Å². The van der Waals surface area contributed by atoms with Gasteiger partial charge < -0.3 is 4.42 Å². The first kappa shape index (κ1) is 14.5. The number of hydrogen-bond donors (Lipinski definition) is 0. The standard InChI is InChI=1S/C42H26O/c1-2-12-27(13-3-1)30-24-28-14-4-5-15-31(28)38(26-30)42-35-19-8-6-17-33(35)41(34-18-7-9-20-36(34)42)29-22-23-40-37(25-29)32-16-10-11-21-39(32)43-40/h1-26H/i4D,5D,10D,11D,14D,15D,16D,21D,22D,23D,24D,25D,26D. The first-order valence-electron chi connectivity index (χ1n) is 20.2. The van der Waals surface area contributed by atoms with Gasteiger partial charge in [0.15, 0.2) is 0 Å². The fraction of sp³-hybridized carbons (Fsp3) is 0. The van der Waals surface area contributed by atoms with Gasteiger partial charge in [-0.2, -0.15) is 0 Å². The zero-order valence-corrected chi connectivity index (χ0v) is 22.4. The fourth-order valence-electron chi connectivity index (χ4n) is 5.97. The smallest absolute Gasteiger partial charge is 0.135 e. The molecule has 0 radical (unpaired) electrons. The van der Waals surface area contributed by atoms with E-state index in [1.165, 1.54) is 0 Å². The quantitative estimate of drug-likeness (QED) is 0.196. The number of fused-ring (bicyclic) bond motifs is 6. The van der Waals surface area contributed by atoms with Crippen molar-refractivity contribution in [3.63, 3.8) is 0 Å². The molecule has 0 fully saturated rings. The summed E-state index contributed by atoms with van der Waals surface area (Å²) in [6.45, 7) is 0. The number of rotatable bonds is 3. The second kappa shape index (κ2) is 9.44. The molecule has 9 rings (SSSR count). The third-order valence-electron chi connectivity index (χ3n) is 7.82. The van der Waals surface area contributed by atoms with Crippen molar-refractivity contribution < 1.29 is 22.2 Å². The molecule has 0 N–H and O–H groups in total. The van der Waals surface area contributed by atoms with Crippen molar-refractivity contribution >= 4 is 54.3 Å². The highest BCUT2D eigenvalue weighted by molar-refractivity contribution is 6.24. The molecule has 8 aromatic carbocycles. The van der Waals surface area contributed by atoms with Crippen LogP contribution in [0.3, 0.4) is 0 Å². The Morgan fingerprint density at radius 3 is 1.74 bits per heavy atom. The molecule has 0 spiro atoms. The Kier molecular flexibility index (Phi) is 3.18. The molecule has 0 amide bonds. The molecule has 43 heavy (non-hydrogen) atoms. The molecular formula is C42H26O. The molecule has 1 aromatic heterocycles. The molecule has 0 aliphatic carbocycles. The predicted molar refractivity (Wildman–Crippen MR) is 183 cm³/mol. The average Bonchev–Trinajstić information content (AvgIpc) is 3.62. The molecule has 1 nitrogen and oxygen atoms in total. The summed E-state index contributed by atoms with van der Waals surface area (Å²) >= 11 is 0. The highest BCUT2D eigenvalue weighted by Crippen LogP contribution is 2.47. The summed E-state index contributed by atoms with van der Waals surface area (Å²) in [4.78, 5) is 0. The Bertz CT molecular complexity index is 3170. The molecule has 9 aromatic rings. The molecule has 0 bridgehead atoms. The Hall–Kier alpha value is -5.66. The van der Waals surface area contributed by atoms with Crippen LogP contribution in [0.1, 0.15) is 17.8 Å². The van der Waals surface area contributed by atoms with E-state index in [1.54, 1.807) is 78.9 Å². The fourth-order valence-corrected chi connectivity index (χ4v) is 5.97. The lowest BCUT2D eigenvalue weighted by molar-refractivity contribution is 0.669. The third kappa shape index (κ3) is 3.72. The van der Waals surface area contributed by atoms with Crippen LogP contribution in [0.15, 0.2) is 162 Å². The zero-order chi connectivity index (χ0) is 39.6. The molecule has 0 aliphatic rings. The second-order valence-electron chi connectivity index (χ2n) is 10.2. The maximum atomic E-state index is 9.79. The lowest BCUT2D eigenvalue weighted by Crippen LogP contribution is -1.92. The lowest BCUT2D eigenvalue weighted by atomic mass is 9.83. The summed E-state index contributed by atoms with van der Waals surface area (Å²) in [5.74, 6) is 0. The van der Waals surface area contributed by atoms with Gasteiger partial charge in [0.05, 0.1) is 17.8 Å². The third-order valence-corrected chi connectivity index (χ3v) is 7.82. The van der Waals surface area contributed by atoms with E-state index >= 15 is 0 Å². The van der Waals surface area contributed by atoms with Crippen LogP contribution in [0.4, 0.5) is 0 Å². The minimum absolute atomic E-state index is 0.00460. The maximum Gasteiger partial charge on any atom is 0.135 e. The predicted octanol–water partition coefficient (Wildman–Crippen LogP) is 12.0. The first-order valence-corrected chi connectivity index (χ1v) is 13.7. The van der Waals surface area contributed by atoms with Crippen LogP contribution < -0.4 is 0 Å². The van der Waals surface area contributed by atoms with Gasteiger partial charge >= 0.3 is 0 Å². The zero-order valence-electron chi connectivity index (χ0n) is 35.4. The number of para-hydroxylation sites is 1. The van der Waals surface area contributed by atoms with Gasteiger partial charge in [0.25, 0.3) is 0 Å². The van der Waals surface area contributed by atoms with Crippen molar-refractivity contribution in [2.24, 2.45) is 0 Å². The van der Waals surface area contributed by atoms with Gasteiger partial charge in [0.1, 0.15) is 11.2 Å². The summed E-state index contributed by atoms with van der Waals surface area (Å²) < 4.78 is 122. The normalized spacial score (nSPS) is 16.0. The van der Waals surface area contributed by atoms with Gasteiger partial charge in [-0.05, 0) is 95.9 Å². The lowest BCUT2D eigenvalue weighted by Gasteiger charge is -2.19. The molecule has 200 valence electrons. The van der Waals surface area contributed by atoms with Gasteiger partial charge in [-0.3, -0.25) is 0 Å². The molecule has 1 heteroatoms. The highest BCUT2D eigenvalue weighted by atomic mass is 16.3.